The monoisotopic (exact) mass is 246 g/mol. The van der Waals surface area contributed by atoms with E-state index in [0.717, 1.165) is 4.57 Å². The molecule has 0 radical (unpaired) electrons. The van der Waals surface area contributed by atoms with Gasteiger partial charge >= 0.3 is 5.69 Å². The van der Waals surface area contributed by atoms with Gasteiger partial charge in [0, 0.05) is 19.3 Å². The first kappa shape index (κ1) is 12.2. The number of para-hydroxylation sites is 2. The number of aromatic nitrogens is 2. The molecule has 94 valence electrons. The van der Waals surface area contributed by atoms with Gasteiger partial charge in [0.2, 0.25) is 0 Å². The maximum atomic E-state index is 12.0. The topological polar surface area (TPSA) is 53.2 Å². The van der Waals surface area contributed by atoms with Gasteiger partial charge in [0.1, 0.15) is 5.75 Å². The molecule has 2 aromatic rings. The first-order chi connectivity index (χ1) is 8.65. The summed E-state index contributed by atoms with van der Waals surface area (Å²) in [6.07, 6.45) is 1.46. The van der Waals surface area contributed by atoms with Gasteiger partial charge in [0.25, 0.3) is 5.56 Å². The van der Waals surface area contributed by atoms with E-state index in [9.17, 15) is 9.59 Å². The predicted molar refractivity (Wildman–Crippen MR) is 68.4 cm³/mol. The summed E-state index contributed by atoms with van der Waals surface area (Å²) in [5.41, 5.74) is -0.0975. The Bertz CT molecular complexity index is 670. The normalized spacial score (nSPS) is 10.3. The third-order valence-electron chi connectivity index (χ3n) is 2.61. The second kappa shape index (κ2) is 4.91. The largest absolute Gasteiger partial charge is 0.492 e. The molecule has 0 bridgehead atoms. The SMILES string of the molecule is CCOc1ccccc1-n1ccc(=O)n(C)c1=O. The highest BCUT2D eigenvalue weighted by Gasteiger charge is 2.08. The lowest BCUT2D eigenvalue weighted by Gasteiger charge is -2.12. The van der Waals surface area contributed by atoms with Crippen molar-refractivity contribution in [2.24, 2.45) is 7.05 Å². The molecule has 0 unspecified atom stereocenters. The molecule has 0 saturated carbocycles. The zero-order valence-electron chi connectivity index (χ0n) is 10.3. The molecule has 0 atom stereocenters. The number of ether oxygens (including phenoxy) is 1. The van der Waals surface area contributed by atoms with Crippen molar-refractivity contribution < 1.29 is 4.74 Å². The van der Waals surface area contributed by atoms with Gasteiger partial charge in [0.05, 0.1) is 12.3 Å². The van der Waals surface area contributed by atoms with Crippen LogP contribution in [0.25, 0.3) is 5.69 Å². The molecule has 0 N–H and O–H groups in total. The summed E-state index contributed by atoms with van der Waals surface area (Å²) < 4.78 is 7.92. The Hall–Kier alpha value is -2.30. The van der Waals surface area contributed by atoms with E-state index in [1.807, 2.05) is 19.1 Å². The molecule has 0 fully saturated rings. The smallest absolute Gasteiger partial charge is 0.335 e. The number of hydrogen-bond acceptors (Lipinski definition) is 3. The van der Waals surface area contributed by atoms with Crippen LogP contribution in [0.2, 0.25) is 0 Å². The van der Waals surface area contributed by atoms with Crippen LogP contribution in [-0.2, 0) is 7.05 Å². The van der Waals surface area contributed by atoms with Crippen molar-refractivity contribution in [3.63, 3.8) is 0 Å². The number of hydrogen-bond donors (Lipinski definition) is 0. The second-order valence-electron chi connectivity index (χ2n) is 3.77. The summed E-state index contributed by atoms with van der Waals surface area (Å²) in [4.78, 5) is 23.4. The summed E-state index contributed by atoms with van der Waals surface area (Å²) in [5, 5.41) is 0. The summed E-state index contributed by atoms with van der Waals surface area (Å²) in [6.45, 7) is 2.39. The van der Waals surface area contributed by atoms with E-state index in [0.29, 0.717) is 18.0 Å². The van der Waals surface area contributed by atoms with Crippen molar-refractivity contribution >= 4 is 0 Å². The van der Waals surface area contributed by atoms with E-state index >= 15 is 0 Å². The van der Waals surface area contributed by atoms with Gasteiger partial charge in [-0.3, -0.25) is 13.9 Å². The Balaban J connectivity index is 2.66. The van der Waals surface area contributed by atoms with E-state index in [-0.39, 0.29) is 5.56 Å². The van der Waals surface area contributed by atoms with E-state index in [1.165, 1.54) is 23.9 Å². The van der Waals surface area contributed by atoms with Crippen molar-refractivity contribution in [2.45, 2.75) is 6.92 Å². The summed E-state index contributed by atoms with van der Waals surface area (Å²) in [6, 6.07) is 8.56. The van der Waals surface area contributed by atoms with Crippen LogP contribution >= 0.6 is 0 Å². The predicted octanol–water partition coefficient (Wildman–Crippen LogP) is 0.935. The van der Waals surface area contributed by atoms with E-state index < -0.39 is 5.69 Å². The Morgan fingerprint density at radius 3 is 2.61 bits per heavy atom. The standard InChI is InChI=1S/C13H14N2O3/c1-3-18-11-7-5-4-6-10(11)15-9-8-12(16)14(2)13(15)17/h4-9H,3H2,1-2H3. The van der Waals surface area contributed by atoms with Crippen LogP contribution in [0.15, 0.2) is 46.1 Å². The highest BCUT2D eigenvalue weighted by Crippen LogP contribution is 2.20. The molecule has 5 nitrogen and oxygen atoms in total. The molecule has 0 spiro atoms. The Kier molecular flexibility index (Phi) is 3.32. The minimum atomic E-state index is -0.394. The van der Waals surface area contributed by atoms with Crippen molar-refractivity contribution in [2.75, 3.05) is 6.61 Å². The van der Waals surface area contributed by atoms with Gasteiger partial charge in [0.15, 0.2) is 0 Å². The van der Waals surface area contributed by atoms with Gasteiger partial charge in [-0.1, -0.05) is 12.1 Å². The highest BCUT2D eigenvalue weighted by atomic mass is 16.5. The minimum absolute atomic E-state index is 0.329. The highest BCUT2D eigenvalue weighted by molar-refractivity contribution is 5.46. The lowest BCUT2D eigenvalue weighted by Crippen LogP contribution is -2.36. The molecule has 1 aromatic heterocycles. The number of nitrogens with zero attached hydrogens (tertiary/aromatic N) is 2. The Morgan fingerprint density at radius 2 is 1.89 bits per heavy atom. The molecule has 2 rings (SSSR count). The maximum absolute atomic E-state index is 12.0. The Morgan fingerprint density at radius 1 is 1.17 bits per heavy atom. The van der Waals surface area contributed by atoms with Crippen LogP contribution < -0.4 is 16.0 Å². The maximum Gasteiger partial charge on any atom is 0.335 e. The van der Waals surface area contributed by atoms with Crippen LogP contribution in [0.3, 0.4) is 0 Å². The summed E-state index contributed by atoms with van der Waals surface area (Å²) in [5.74, 6) is 0.612. The Labute approximate surface area is 104 Å². The van der Waals surface area contributed by atoms with Gasteiger partial charge in [-0.15, -0.1) is 0 Å². The zero-order chi connectivity index (χ0) is 13.1. The van der Waals surface area contributed by atoms with Crippen molar-refractivity contribution in [3.05, 3.63) is 57.4 Å². The fraction of sp³-hybridized carbons (Fsp3) is 0.231. The fourth-order valence-corrected chi connectivity index (χ4v) is 1.69. The average Bonchev–Trinajstić information content (AvgIpc) is 2.38. The molecular formula is C13H14N2O3. The van der Waals surface area contributed by atoms with Crippen LogP contribution in [0, 0.1) is 0 Å². The van der Waals surface area contributed by atoms with Crippen molar-refractivity contribution in [3.8, 4) is 11.4 Å². The third-order valence-corrected chi connectivity index (χ3v) is 2.61. The number of rotatable bonds is 3. The van der Waals surface area contributed by atoms with Gasteiger partial charge < -0.3 is 4.74 Å². The van der Waals surface area contributed by atoms with Crippen molar-refractivity contribution in [1.29, 1.82) is 0 Å². The third kappa shape index (κ3) is 2.07. The quantitative estimate of drug-likeness (QED) is 0.809. The molecule has 0 aliphatic rings. The van der Waals surface area contributed by atoms with E-state index in [2.05, 4.69) is 0 Å². The second-order valence-corrected chi connectivity index (χ2v) is 3.77. The van der Waals surface area contributed by atoms with Crippen LogP contribution in [0.5, 0.6) is 5.75 Å². The molecule has 0 aliphatic heterocycles. The molecule has 1 aromatic carbocycles. The lowest BCUT2D eigenvalue weighted by molar-refractivity contribution is 0.338. The summed E-state index contributed by atoms with van der Waals surface area (Å²) >= 11 is 0. The van der Waals surface area contributed by atoms with Gasteiger partial charge in [-0.25, -0.2) is 4.79 Å². The molecule has 0 amide bonds. The van der Waals surface area contributed by atoms with Gasteiger partial charge in [-0.05, 0) is 19.1 Å². The van der Waals surface area contributed by atoms with Crippen LogP contribution in [-0.4, -0.2) is 15.7 Å². The molecular weight excluding hydrogens is 232 g/mol. The zero-order valence-corrected chi connectivity index (χ0v) is 10.3. The van der Waals surface area contributed by atoms with E-state index in [1.54, 1.807) is 12.1 Å². The van der Waals surface area contributed by atoms with Crippen LogP contribution in [0.1, 0.15) is 6.92 Å². The lowest BCUT2D eigenvalue weighted by atomic mass is 10.3. The summed E-state index contributed by atoms with van der Waals surface area (Å²) in [7, 11) is 1.45. The molecule has 5 heteroatoms. The number of benzene rings is 1. The first-order valence-corrected chi connectivity index (χ1v) is 5.66. The molecule has 18 heavy (non-hydrogen) atoms. The minimum Gasteiger partial charge on any atom is -0.492 e. The fourth-order valence-electron chi connectivity index (χ4n) is 1.69. The van der Waals surface area contributed by atoms with E-state index in [4.69, 9.17) is 4.74 Å². The first-order valence-electron chi connectivity index (χ1n) is 5.66. The molecule has 0 aliphatic carbocycles. The van der Waals surface area contributed by atoms with Crippen molar-refractivity contribution in [1.82, 2.24) is 9.13 Å². The molecule has 1 heterocycles. The average molecular weight is 246 g/mol. The van der Waals surface area contributed by atoms with Crippen LogP contribution in [0.4, 0.5) is 0 Å². The molecule has 0 saturated heterocycles. The van der Waals surface area contributed by atoms with Gasteiger partial charge in [-0.2, -0.15) is 0 Å².